The quantitative estimate of drug-likeness (QED) is 0.818. The summed E-state index contributed by atoms with van der Waals surface area (Å²) in [7, 11) is 3.97. The van der Waals surface area contributed by atoms with Crippen molar-refractivity contribution in [2.75, 3.05) is 20.7 Å². The first kappa shape index (κ1) is 15.8. The van der Waals surface area contributed by atoms with Crippen LogP contribution in [0.5, 0.6) is 5.75 Å². The van der Waals surface area contributed by atoms with E-state index in [1.807, 2.05) is 12.1 Å². The molecule has 0 bridgehead atoms. The third-order valence-corrected chi connectivity index (χ3v) is 4.67. The van der Waals surface area contributed by atoms with Crippen molar-refractivity contribution in [3.63, 3.8) is 0 Å². The predicted octanol–water partition coefficient (Wildman–Crippen LogP) is 4.61. The van der Waals surface area contributed by atoms with Crippen molar-refractivity contribution in [3.8, 4) is 5.75 Å². The molecule has 2 aromatic rings. The molecule has 0 N–H and O–H groups in total. The van der Waals surface area contributed by atoms with Crippen molar-refractivity contribution in [1.82, 2.24) is 4.90 Å². The second-order valence-electron chi connectivity index (χ2n) is 6.19. The van der Waals surface area contributed by atoms with Gasteiger partial charge in [-0.2, -0.15) is 0 Å². The van der Waals surface area contributed by atoms with Crippen LogP contribution in [-0.2, 0) is 0 Å². The maximum absolute atomic E-state index is 5.61. The molecule has 2 heteroatoms. The Morgan fingerprint density at radius 1 is 1.04 bits per heavy atom. The first-order valence-electron chi connectivity index (χ1n) is 8.40. The number of benzene rings is 2. The van der Waals surface area contributed by atoms with Gasteiger partial charge < -0.3 is 4.74 Å². The van der Waals surface area contributed by atoms with Gasteiger partial charge in [0.25, 0.3) is 0 Å². The molecule has 0 radical (unpaired) electrons. The van der Waals surface area contributed by atoms with Crippen molar-refractivity contribution < 1.29 is 4.74 Å². The summed E-state index contributed by atoms with van der Waals surface area (Å²) in [5.41, 5.74) is 3.68. The smallest absolute Gasteiger partial charge is 0.126 e. The van der Waals surface area contributed by atoms with E-state index in [0.717, 1.165) is 5.75 Å². The number of ether oxygens (including phenoxy) is 1. The molecule has 0 amide bonds. The van der Waals surface area contributed by atoms with E-state index in [4.69, 9.17) is 4.74 Å². The molecule has 2 aromatic carbocycles. The van der Waals surface area contributed by atoms with Crippen LogP contribution in [0.1, 0.15) is 30.4 Å². The Morgan fingerprint density at radius 3 is 2.52 bits per heavy atom. The fourth-order valence-electron chi connectivity index (χ4n) is 3.33. The molecule has 1 aliphatic heterocycles. The Labute approximate surface area is 139 Å². The van der Waals surface area contributed by atoms with E-state index in [1.165, 1.54) is 42.5 Å². The van der Waals surface area contributed by atoms with Gasteiger partial charge in [0, 0.05) is 11.6 Å². The van der Waals surface area contributed by atoms with E-state index in [1.54, 1.807) is 7.11 Å². The summed E-state index contributed by atoms with van der Waals surface area (Å²) in [4.78, 5) is 2.46. The van der Waals surface area contributed by atoms with Gasteiger partial charge in [0.1, 0.15) is 5.75 Å². The summed E-state index contributed by atoms with van der Waals surface area (Å²) in [6.45, 7) is 1.18. The van der Waals surface area contributed by atoms with Gasteiger partial charge in [0.15, 0.2) is 0 Å². The lowest BCUT2D eigenvalue weighted by molar-refractivity contribution is 0.222. The Bertz CT molecular complexity index is 663. The highest BCUT2D eigenvalue weighted by Gasteiger charge is 2.19. The fraction of sp³-hybridized carbons (Fsp3) is 0.333. The molecule has 1 fully saturated rings. The lowest BCUT2D eigenvalue weighted by atomic mass is 9.92. The third kappa shape index (κ3) is 3.65. The Morgan fingerprint density at radius 2 is 1.78 bits per heavy atom. The lowest BCUT2D eigenvalue weighted by Crippen LogP contribution is -2.34. The number of methoxy groups -OCH3 is 1. The maximum atomic E-state index is 5.61. The first-order valence-corrected chi connectivity index (χ1v) is 8.40. The molecule has 0 spiro atoms. The van der Waals surface area contributed by atoms with Crippen LogP contribution in [0.2, 0.25) is 0 Å². The summed E-state index contributed by atoms with van der Waals surface area (Å²) < 4.78 is 5.61. The number of para-hydroxylation sites is 1. The van der Waals surface area contributed by atoms with E-state index < -0.39 is 0 Å². The van der Waals surface area contributed by atoms with Crippen molar-refractivity contribution in [2.24, 2.45) is 0 Å². The minimum Gasteiger partial charge on any atom is -0.496 e. The average Bonchev–Trinajstić information content (AvgIpc) is 2.62. The van der Waals surface area contributed by atoms with E-state index >= 15 is 0 Å². The zero-order valence-electron chi connectivity index (χ0n) is 14.0. The number of hydrogen-bond acceptors (Lipinski definition) is 2. The van der Waals surface area contributed by atoms with Crippen molar-refractivity contribution >= 4 is 5.57 Å². The zero-order chi connectivity index (χ0) is 16.1. The Hall–Kier alpha value is -2.06. The summed E-state index contributed by atoms with van der Waals surface area (Å²) in [6, 6.07) is 19.4. The number of likely N-dealkylation sites (tertiary alicyclic amines) is 1. The molecule has 0 aliphatic carbocycles. The van der Waals surface area contributed by atoms with Crippen LogP contribution in [0.25, 0.3) is 5.57 Å². The van der Waals surface area contributed by atoms with E-state index in [0.29, 0.717) is 6.04 Å². The summed E-state index contributed by atoms with van der Waals surface area (Å²) in [5, 5.41) is 0. The molecule has 120 valence electrons. The third-order valence-electron chi connectivity index (χ3n) is 4.67. The zero-order valence-corrected chi connectivity index (χ0v) is 14.0. The van der Waals surface area contributed by atoms with Gasteiger partial charge >= 0.3 is 0 Å². The average molecular weight is 307 g/mol. The monoisotopic (exact) mass is 307 g/mol. The standard InChI is InChI=1S/C21H25NO/c1-22-15-9-8-12-18(22)16-20(17-10-4-3-5-11-17)19-13-6-7-14-21(19)23-2/h3-7,10-11,13-14,16,18H,8-9,12,15H2,1-2H3/b20-16+. The number of piperidine rings is 1. The first-order chi connectivity index (χ1) is 11.3. The van der Waals surface area contributed by atoms with Crippen LogP contribution in [0.15, 0.2) is 60.7 Å². The maximum Gasteiger partial charge on any atom is 0.126 e. The summed E-state index contributed by atoms with van der Waals surface area (Å²) in [6.07, 6.45) is 6.25. The normalized spacial score (nSPS) is 19.6. The van der Waals surface area contributed by atoms with Gasteiger partial charge in [-0.25, -0.2) is 0 Å². The van der Waals surface area contributed by atoms with E-state index in [9.17, 15) is 0 Å². The minimum atomic E-state index is 0.490. The largest absolute Gasteiger partial charge is 0.496 e. The predicted molar refractivity (Wildman–Crippen MR) is 96.8 cm³/mol. The molecule has 3 rings (SSSR count). The molecule has 1 heterocycles. The van der Waals surface area contributed by atoms with Crippen molar-refractivity contribution in [1.29, 1.82) is 0 Å². The van der Waals surface area contributed by atoms with Crippen LogP contribution >= 0.6 is 0 Å². The molecule has 2 nitrogen and oxygen atoms in total. The fourth-order valence-corrected chi connectivity index (χ4v) is 3.33. The molecule has 1 atom stereocenters. The second-order valence-corrected chi connectivity index (χ2v) is 6.19. The topological polar surface area (TPSA) is 12.5 Å². The molecule has 0 saturated carbocycles. The number of likely N-dealkylation sites (N-methyl/N-ethyl adjacent to an activating group) is 1. The van der Waals surface area contributed by atoms with Gasteiger partial charge in [0.2, 0.25) is 0 Å². The molecular weight excluding hydrogens is 282 g/mol. The molecule has 1 unspecified atom stereocenters. The SMILES string of the molecule is COc1ccccc1/C(=C/C1CCCCN1C)c1ccccc1. The van der Waals surface area contributed by atoms with Gasteiger partial charge in [-0.15, -0.1) is 0 Å². The Balaban J connectivity index is 2.07. The van der Waals surface area contributed by atoms with E-state index in [-0.39, 0.29) is 0 Å². The van der Waals surface area contributed by atoms with Gasteiger partial charge in [-0.3, -0.25) is 4.90 Å². The minimum absolute atomic E-state index is 0.490. The molecule has 1 saturated heterocycles. The highest BCUT2D eigenvalue weighted by Crippen LogP contribution is 2.32. The van der Waals surface area contributed by atoms with Gasteiger partial charge in [-0.1, -0.05) is 61.0 Å². The van der Waals surface area contributed by atoms with Crippen LogP contribution in [0, 0.1) is 0 Å². The summed E-state index contributed by atoms with van der Waals surface area (Å²) in [5.74, 6) is 0.932. The highest BCUT2D eigenvalue weighted by molar-refractivity contribution is 5.83. The molecular formula is C21H25NO. The number of rotatable bonds is 4. The van der Waals surface area contributed by atoms with Crippen LogP contribution in [0.3, 0.4) is 0 Å². The van der Waals surface area contributed by atoms with E-state index in [2.05, 4.69) is 60.5 Å². The Kier molecular flexibility index (Phi) is 5.14. The van der Waals surface area contributed by atoms with Crippen LogP contribution < -0.4 is 4.74 Å². The number of hydrogen-bond donors (Lipinski definition) is 0. The highest BCUT2D eigenvalue weighted by atomic mass is 16.5. The van der Waals surface area contributed by atoms with Crippen molar-refractivity contribution in [2.45, 2.75) is 25.3 Å². The van der Waals surface area contributed by atoms with Crippen LogP contribution in [0.4, 0.5) is 0 Å². The lowest BCUT2D eigenvalue weighted by Gasteiger charge is -2.31. The van der Waals surface area contributed by atoms with Crippen molar-refractivity contribution in [3.05, 3.63) is 71.8 Å². The summed E-state index contributed by atoms with van der Waals surface area (Å²) >= 11 is 0. The van der Waals surface area contributed by atoms with Gasteiger partial charge in [-0.05, 0) is 43.6 Å². The van der Waals surface area contributed by atoms with Gasteiger partial charge in [0.05, 0.1) is 7.11 Å². The molecule has 23 heavy (non-hydrogen) atoms. The number of nitrogens with zero attached hydrogens (tertiary/aromatic N) is 1. The molecule has 0 aromatic heterocycles. The van der Waals surface area contributed by atoms with Crippen LogP contribution in [-0.4, -0.2) is 31.6 Å². The second kappa shape index (κ2) is 7.47. The molecule has 1 aliphatic rings.